The number of fused-ring (bicyclic) bond motifs is 1. The molecule has 2 aromatic carbocycles. The lowest BCUT2D eigenvalue weighted by atomic mass is 10.0. The van der Waals surface area contributed by atoms with Gasteiger partial charge in [0.1, 0.15) is 5.60 Å². The van der Waals surface area contributed by atoms with Crippen LogP contribution in [0.25, 0.3) is 22.2 Å². The summed E-state index contributed by atoms with van der Waals surface area (Å²) in [5.41, 5.74) is -0.684. The molecule has 0 bridgehead atoms. The highest BCUT2D eigenvalue weighted by Crippen LogP contribution is 2.37. The zero-order valence-corrected chi connectivity index (χ0v) is 17.2. The summed E-state index contributed by atoms with van der Waals surface area (Å²) in [6, 6.07) is 13.4. The maximum absolute atomic E-state index is 14.9. The third-order valence-corrected chi connectivity index (χ3v) is 6.16. The second-order valence-corrected chi connectivity index (χ2v) is 8.29. The first kappa shape index (κ1) is 20.5. The summed E-state index contributed by atoms with van der Waals surface area (Å²) in [5, 5.41) is 10.9. The Bertz CT molecular complexity index is 1230. The van der Waals surface area contributed by atoms with Crippen molar-refractivity contribution in [3.05, 3.63) is 65.7 Å². The molecule has 1 saturated carbocycles. The van der Waals surface area contributed by atoms with Crippen molar-refractivity contribution in [2.24, 2.45) is 0 Å². The van der Waals surface area contributed by atoms with Crippen LogP contribution in [0.3, 0.4) is 0 Å². The van der Waals surface area contributed by atoms with Gasteiger partial charge in [0.2, 0.25) is 0 Å². The first-order valence-corrected chi connectivity index (χ1v) is 10.5. The lowest BCUT2D eigenvalue weighted by Crippen LogP contribution is -2.53. The van der Waals surface area contributed by atoms with Crippen molar-refractivity contribution in [2.45, 2.75) is 18.4 Å². The number of piperazine rings is 1. The maximum Gasteiger partial charge on any atom is 0.257 e. The summed E-state index contributed by atoms with van der Waals surface area (Å²) < 4.78 is 29.8. The fourth-order valence-electron chi connectivity index (χ4n) is 4.04. The predicted octanol–water partition coefficient (Wildman–Crippen LogP) is 2.99. The van der Waals surface area contributed by atoms with E-state index in [0.717, 1.165) is 5.39 Å². The van der Waals surface area contributed by atoms with Gasteiger partial charge in [0, 0.05) is 37.1 Å². The van der Waals surface area contributed by atoms with E-state index >= 15 is 0 Å². The molecule has 2 fully saturated rings. The van der Waals surface area contributed by atoms with E-state index in [4.69, 9.17) is 0 Å². The van der Waals surface area contributed by atoms with Gasteiger partial charge in [-0.25, -0.2) is 13.8 Å². The maximum atomic E-state index is 14.9. The van der Waals surface area contributed by atoms with Crippen molar-refractivity contribution in [3.8, 4) is 11.3 Å². The Morgan fingerprint density at radius 3 is 2.28 bits per heavy atom. The highest BCUT2D eigenvalue weighted by molar-refractivity contribution is 5.95. The van der Waals surface area contributed by atoms with Crippen LogP contribution in [0.2, 0.25) is 0 Å². The van der Waals surface area contributed by atoms with Crippen molar-refractivity contribution < 1.29 is 23.5 Å². The zero-order chi connectivity index (χ0) is 22.5. The normalized spacial score (nSPS) is 17.5. The third-order valence-electron chi connectivity index (χ3n) is 6.16. The lowest BCUT2D eigenvalue weighted by molar-refractivity contribution is -0.143. The monoisotopic (exact) mass is 437 g/mol. The van der Waals surface area contributed by atoms with Crippen LogP contribution in [0, 0.1) is 11.6 Å². The average molecular weight is 437 g/mol. The molecule has 0 spiro atoms. The van der Waals surface area contributed by atoms with Crippen molar-refractivity contribution in [2.75, 3.05) is 26.2 Å². The van der Waals surface area contributed by atoms with Gasteiger partial charge in [-0.15, -0.1) is 0 Å². The minimum atomic E-state index is -1.26. The predicted molar refractivity (Wildman–Crippen MR) is 114 cm³/mol. The number of carbonyl (C=O) groups excluding carboxylic acids is 2. The first-order valence-electron chi connectivity index (χ1n) is 10.5. The summed E-state index contributed by atoms with van der Waals surface area (Å²) in [6.07, 6.45) is 0.905. The number of para-hydroxylation sites is 1. The van der Waals surface area contributed by atoms with E-state index in [0.29, 0.717) is 18.4 Å². The van der Waals surface area contributed by atoms with Crippen LogP contribution in [0.5, 0.6) is 0 Å². The SMILES string of the molecule is O=C(c1ccc(-c2ccc3ccccc3n2)c(F)c1F)N1CCN(C(=O)C2(O)CC2)CC1. The molecular formula is C24H21F2N3O3. The van der Waals surface area contributed by atoms with Gasteiger partial charge in [0.15, 0.2) is 11.6 Å². The standard InChI is InChI=1S/C24H21F2N3O3/c25-20-16(19-8-5-15-3-1-2-4-18(15)27-19)6-7-17(21(20)26)22(30)28-11-13-29(14-12-28)23(31)24(32)9-10-24/h1-8,32H,9-14H2. The molecule has 1 saturated heterocycles. The molecule has 32 heavy (non-hydrogen) atoms. The van der Waals surface area contributed by atoms with Gasteiger partial charge in [-0.2, -0.15) is 0 Å². The number of aliphatic hydroxyl groups is 1. The fraction of sp³-hybridized carbons (Fsp3) is 0.292. The van der Waals surface area contributed by atoms with Crippen LogP contribution in [-0.4, -0.2) is 63.5 Å². The lowest BCUT2D eigenvalue weighted by Gasteiger charge is -2.35. The summed E-state index contributed by atoms with van der Waals surface area (Å²) in [4.78, 5) is 32.4. The molecule has 2 amide bonds. The Labute approximate surface area is 183 Å². The number of benzene rings is 2. The van der Waals surface area contributed by atoms with Crippen LogP contribution in [-0.2, 0) is 4.79 Å². The van der Waals surface area contributed by atoms with Crippen LogP contribution >= 0.6 is 0 Å². The van der Waals surface area contributed by atoms with Gasteiger partial charge in [-0.3, -0.25) is 9.59 Å². The number of pyridine rings is 1. The number of nitrogens with zero attached hydrogens (tertiary/aromatic N) is 3. The molecule has 8 heteroatoms. The van der Waals surface area contributed by atoms with E-state index in [1.54, 1.807) is 18.2 Å². The highest BCUT2D eigenvalue weighted by Gasteiger charge is 2.50. The first-order chi connectivity index (χ1) is 15.4. The number of halogens is 2. The van der Waals surface area contributed by atoms with Gasteiger partial charge in [0.25, 0.3) is 11.8 Å². The molecule has 0 unspecified atom stereocenters. The molecule has 6 nitrogen and oxygen atoms in total. The number of hydrogen-bond donors (Lipinski definition) is 1. The minimum absolute atomic E-state index is 0.0158. The van der Waals surface area contributed by atoms with Crippen LogP contribution in [0.15, 0.2) is 48.5 Å². The summed E-state index contributed by atoms with van der Waals surface area (Å²) in [5.74, 6) is -3.29. The molecule has 5 rings (SSSR count). The second-order valence-electron chi connectivity index (χ2n) is 8.29. The van der Waals surface area contributed by atoms with Gasteiger partial charge >= 0.3 is 0 Å². The van der Waals surface area contributed by atoms with Crippen molar-refractivity contribution in [3.63, 3.8) is 0 Å². The third kappa shape index (κ3) is 3.50. The van der Waals surface area contributed by atoms with Crippen LogP contribution < -0.4 is 0 Å². The minimum Gasteiger partial charge on any atom is -0.380 e. The van der Waals surface area contributed by atoms with Gasteiger partial charge in [-0.1, -0.05) is 24.3 Å². The average Bonchev–Trinajstić information content (AvgIpc) is 3.58. The summed E-state index contributed by atoms with van der Waals surface area (Å²) in [6.45, 7) is 0.873. The van der Waals surface area contributed by atoms with Crippen LogP contribution in [0.1, 0.15) is 23.2 Å². The van der Waals surface area contributed by atoms with E-state index in [1.165, 1.54) is 21.9 Å². The zero-order valence-electron chi connectivity index (χ0n) is 17.2. The van der Waals surface area contributed by atoms with Gasteiger partial charge < -0.3 is 14.9 Å². The highest BCUT2D eigenvalue weighted by atomic mass is 19.2. The van der Waals surface area contributed by atoms with E-state index in [9.17, 15) is 23.5 Å². The quantitative estimate of drug-likeness (QED) is 0.684. The number of carbonyl (C=O) groups is 2. The summed E-state index contributed by atoms with van der Waals surface area (Å²) >= 11 is 0. The van der Waals surface area contributed by atoms with E-state index in [-0.39, 0.29) is 48.9 Å². The smallest absolute Gasteiger partial charge is 0.257 e. The van der Waals surface area contributed by atoms with Crippen molar-refractivity contribution in [1.29, 1.82) is 0 Å². The Morgan fingerprint density at radius 1 is 0.875 bits per heavy atom. The molecule has 164 valence electrons. The largest absolute Gasteiger partial charge is 0.380 e. The fourth-order valence-corrected chi connectivity index (χ4v) is 4.04. The molecule has 0 atom stereocenters. The Hall–Kier alpha value is -3.39. The van der Waals surface area contributed by atoms with Crippen LogP contribution in [0.4, 0.5) is 8.78 Å². The molecule has 1 aliphatic heterocycles. The Kier molecular flexibility index (Phi) is 4.89. The molecule has 1 N–H and O–H groups in total. The van der Waals surface area contributed by atoms with E-state index < -0.39 is 23.1 Å². The molecular weight excluding hydrogens is 416 g/mol. The van der Waals surface area contributed by atoms with E-state index in [2.05, 4.69) is 4.98 Å². The number of rotatable bonds is 3. The van der Waals surface area contributed by atoms with Gasteiger partial charge in [0.05, 0.1) is 16.8 Å². The molecule has 1 aliphatic carbocycles. The summed E-state index contributed by atoms with van der Waals surface area (Å²) in [7, 11) is 0. The van der Waals surface area contributed by atoms with Crippen molar-refractivity contribution >= 4 is 22.7 Å². The number of amides is 2. The Balaban J connectivity index is 1.35. The molecule has 3 aromatic rings. The van der Waals surface area contributed by atoms with Crippen molar-refractivity contribution in [1.82, 2.24) is 14.8 Å². The molecule has 2 aliphatic rings. The molecule has 2 heterocycles. The van der Waals surface area contributed by atoms with E-state index in [1.807, 2.05) is 18.2 Å². The molecule has 0 radical (unpaired) electrons. The second kappa shape index (κ2) is 7.63. The topological polar surface area (TPSA) is 73.7 Å². The molecule has 1 aromatic heterocycles. The Morgan fingerprint density at radius 2 is 1.56 bits per heavy atom. The number of aromatic nitrogens is 1. The van der Waals surface area contributed by atoms with Gasteiger partial charge in [-0.05, 0) is 37.1 Å². The number of hydrogen-bond acceptors (Lipinski definition) is 4.